The monoisotopic (exact) mass is 325 g/mol. The smallest absolute Gasteiger partial charge is 0.294 e. The maximum Gasteiger partial charge on any atom is 0.294 e. The Morgan fingerprint density at radius 3 is 2.38 bits per heavy atom. The van der Waals surface area contributed by atoms with Gasteiger partial charge in [-0.1, -0.05) is 0 Å². The van der Waals surface area contributed by atoms with E-state index in [2.05, 4.69) is 5.10 Å². The SMILES string of the molecule is O=c1ccc(O)c2c1c1[nH]n(-c3ccc(O)cc3)cc1c(=O)n2O. The summed E-state index contributed by atoms with van der Waals surface area (Å²) in [7, 11) is 0. The van der Waals surface area contributed by atoms with Crippen LogP contribution in [0.2, 0.25) is 0 Å². The molecule has 8 heteroatoms. The Bertz CT molecular complexity index is 1220. The minimum Gasteiger partial charge on any atom is -0.508 e. The predicted molar refractivity (Wildman–Crippen MR) is 86.2 cm³/mol. The molecule has 4 rings (SSSR count). The third kappa shape index (κ3) is 1.80. The average molecular weight is 325 g/mol. The first-order valence-corrected chi connectivity index (χ1v) is 6.98. The van der Waals surface area contributed by atoms with Crippen molar-refractivity contribution < 1.29 is 15.4 Å². The van der Waals surface area contributed by atoms with Crippen LogP contribution in [-0.4, -0.2) is 29.9 Å². The molecular weight excluding hydrogens is 314 g/mol. The average Bonchev–Trinajstić information content (AvgIpc) is 3.00. The molecule has 0 amide bonds. The summed E-state index contributed by atoms with van der Waals surface area (Å²) in [4.78, 5) is 24.5. The molecule has 0 saturated carbocycles. The van der Waals surface area contributed by atoms with Gasteiger partial charge in [0.2, 0.25) is 0 Å². The van der Waals surface area contributed by atoms with Crippen LogP contribution in [0.15, 0.2) is 52.2 Å². The summed E-state index contributed by atoms with van der Waals surface area (Å²) < 4.78 is 1.75. The maximum absolute atomic E-state index is 12.3. The Hall–Kier alpha value is -3.68. The van der Waals surface area contributed by atoms with Crippen molar-refractivity contribution in [3.05, 3.63) is 63.2 Å². The molecule has 0 unspecified atom stereocenters. The van der Waals surface area contributed by atoms with Gasteiger partial charge in [0, 0.05) is 6.20 Å². The normalized spacial score (nSPS) is 11.3. The van der Waals surface area contributed by atoms with Crippen molar-refractivity contribution in [1.82, 2.24) is 14.5 Å². The van der Waals surface area contributed by atoms with E-state index in [4.69, 9.17) is 0 Å². The number of rotatable bonds is 1. The third-order valence-corrected chi connectivity index (χ3v) is 3.89. The number of phenols is 2. The Morgan fingerprint density at radius 1 is 0.958 bits per heavy atom. The molecule has 0 aliphatic heterocycles. The van der Waals surface area contributed by atoms with Gasteiger partial charge in [-0.2, -0.15) is 0 Å². The predicted octanol–water partition coefficient (Wildman–Crippen LogP) is 1.28. The summed E-state index contributed by atoms with van der Waals surface area (Å²) in [5.74, 6) is -0.290. The highest BCUT2D eigenvalue weighted by Crippen LogP contribution is 2.25. The van der Waals surface area contributed by atoms with E-state index in [1.165, 1.54) is 23.0 Å². The molecule has 2 aromatic carbocycles. The molecule has 0 fully saturated rings. The second-order valence-electron chi connectivity index (χ2n) is 5.34. The topological polar surface area (TPSA) is 120 Å². The van der Waals surface area contributed by atoms with Crippen molar-refractivity contribution in [2.75, 3.05) is 0 Å². The number of hydrogen-bond donors (Lipinski definition) is 4. The first-order valence-electron chi connectivity index (χ1n) is 6.98. The van der Waals surface area contributed by atoms with Gasteiger partial charge in [0.1, 0.15) is 17.0 Å². The van der Waals surface area contributed by atoms with E-state index in [0.29, 0.717) is 5.69 Å². The minimum absolute atomic E-state index is 0.00429. The molecule has 8 nitrogen and oxygen atoms in total. The van der Waals surface area contributed by atoms with E-state index in [9.17, 15) is 25.0 Å². The van der Waals surface area contributed by atoms with Crippen LogP contribution in [0.25, 0.3) is 27.5 Å². The zero-order chi connectivity index (χ0) is 17.0. The first kappa shape index (κ1) is 13.9. The molecule has 2 heterocycles. The Balaban J connectivity index is 2.17. The molecule has 0 radical (unpaired) electrons. The summed E-state index contributed by atoms with van der Waals surface area (Å²) in [5, 5.41) is 32.3. The Kier molecular flexibility index (Phi) is 2.71. The van der Waals surface area contributed by atoms with Crippen molar-refractivity contribution in [2.45, 2.75) is 0 Å². The lowest BCUT2D eigenvalue weighted by Crippen LogP contribution is -2.20. The number of aromatic nitrogens is 3. The molecule has 24 heavy (non-hydrogen) atoms. The highest BCUT2D eigenvalue weighted by Gasteiger charge is 2.18. The molecule has 0 aliphatic carbocycles. The summed E-state index contributed by atoms with van der Waals surface area (Å²) >= 11 is 0. The van der Waals surface area contributed by atoms with Crippen molar-refractivity contribution in [2.24, 2.45) is 0 Å². The van der Waals surface area contributed by atoms with Crippen molar-refractivity contribution in [3.8, 4) is 17.2 Å². The van der Waals surface area contributed by atoms with Gasteiger partial charge < -0.3 is 15.4 Å². The van der Waals surface area contributed by atoms with Gasteiger partial charge >= 0.3 is 0 Å². The molecular formula is C16H11N3O5. The standard InChI is InChI=1S/C16H11N3O5/c20-9-3-1-8(2-4-9)18-7-10-14(17-18)13-11(21)5-6-12(22)15(13)19(24)16(10)23/h1-7,17,20,22,24H. The van der Waals surface area contributed by atoms with Crippen LogP contribution < -0.4 is 11.0 Å². The highest BCUT2D eigenvalue weighted by atomic mass is 16.5. The largest absolute Gasteiger partial charge is 0.508 e. The molecule has 0 saturated heterocycles. The molecule has 120 valence electrons. The second-order valence-corrected chi connectivity index (χ2v) is 5.34. The van der Waals surface area contributed by atoms with E-state index in [1.54, 1.807) is 12.1 Å². The fourth-order valence-electron chi connectivity index (χ4n) is 2.74. The summed E-state index contributed by atoms with van der Waals surface area (Å²) in [5.41, 5.74) is -0.662. The van der Waals surface area contributed by atoms with Crippen molar-refractivity contribution >= 4 is 21.8 Å². The Labute approximate surface area is 133 Å². The molecule has 0 aliphatic rings. The van der Waals surface area contributed by atoms with Crippen LogP contribution in [0.3, 0.4) is 0 Å². The summed E-state index contributed by atoms with van der Waals surface area (Å²) in [6.07, 6.45) is 1.43. The minimum atomic E-state index is -0.771. The Morgan fingerprint density at radius 2 is 1.67 bits per heavy atom. The number of nitrogens with zero attached hydrogens (tertiary/aromatic N) is 2. The van der Waals surface area contributed by atoms with Crippen LogP contribution >= 0.6 is 0 Å². The molecule has 0 spiro atoms. The number of fused-ring (bicyclic) bond motifs is 3. The van der Waals surface area contributed by atoms with Crippen LogP contribution in [0.1, 0.15) is 0 Å². The molecule has 2 aromatic heterocycles. The van der Waals surface area contributed by atoms with E-state index in [0.717, 1.165) is 12.1 Å². The number of aromatic hydroxyl groups is 2. The molecule has 0 atom stereocenters. The highest BCUT2D eigenvalue weighted by molar-refractivity contribution is 6.04. The zero-order valence-corrected chi connectivity index (χ0v) is 12.1. The molecule has 4 aromatic rings. The third-order valence-electron chi connectivity index (χ3n) is 3.89. The second kappa shape index (κ2) is 4.66. The molecule has 0 bridgehead atoms. The van der Waals surface area contributed by atoms with Gasteiger partial charge in [0.15, 0.2) is 5.43 Å². The lowest BCUT2D eigenvalue weighted by atomic mass is 10.1. The van der Waals surface area contributed by atoms with Gasteiger partial charge in [-0.25, -0.2) is 0 Å². The summed E-state index contributed by atoms with van der Waals surface area (Å²) in [6.45, 7) is 0. The van der Waals surface area contributed by atoms with Gasteiger partial charge in [-0.15, -0.1) is 4.73 Å². The number of aromatic amines is 1. The first-order chi connectivity index (χ1) is 11.5. The fourth-order valence-corrected chi connectivity index (χ4v) is 2.74. The lowest BCUT2D eigenvalue weighted by Gasteiger charge is -2.05. The number of benzene rings is 2. The van der Waals surface area contributed by atoms with Crippen LogP contribution in [0.4, 0.5) is 0 Å². The van der Waals surface area contributed by atoms with Gasteiger partial charge in [0.05, 0.1) is 22.0 Å². The number of pyridine rings is 1. The van der Waals surface area contributed by atoms with Gasteiger partial charge in [-0.3, -0.25) is 19.4 Å². The zero-order valence-electron chi connectivity index (χ0n) is 12.1. The molecule has 4 N–H and O–H groups in total. The van der Waals surface area contributed by atoms with Crippen molar-refractivity contribution in [3.63, 3.8) is 0 Å². The summed E-state index contributed by atoms with van der Waals surface area (Å²) in [6, 6.07) is 8.45. The fraction of sp³-hybridized carbons (Fsp3) is 0. The quantitative estimate of drug-likeness (QED) is 0.393. The van der Waals surface area contributed by atoms with E-state index >= 15 is 0 Å². The number of H-pyrrole nitrogens is 1. The van der Waals surface area contributed by atoms with E-state index in [-0.39, 0.29) is 38.0 Å². The number of nitrogens with one attached hydrogen (secondary N) is 1. The van der Waals surface area contributed by atoms with Crippen LogP contribution in [-0.2, 0) is 0 Å². The van der Waals surface area contributed by atoms with Gasteiger partial charge in [-0.05, 0) is 36.4 Å². The van der Waals surface area contributed by atoms with Crippen LogP contribution in [0.5, 0.6) is 11.5 Å². The number of phenolic OH excluding ortho intramolecular Hbond substituents is 2. The number of hydrogen-bond acceptors (Lipinski definition) is 5. The van der Waals surface area contributed by atoms with Crippen LogP contribution in [0, 0.1) is 0 Å². The van der Waals surface area contributed by atoms with E-state index in [1.807, 2.05) is 0 Å². The lowest BCUT2D eigenvalue weighted by molar-refractivity contribution is 0.188. The van der Waals surface area contributed by atoms with E-state index < -0.39 is 11.0 Å². The maximum atomic E-state index is 12.3. The van der Waals surface area contributed by atoms with Crippen molar-refractivity contribution in [1.29, 1.82) is 0 Å². The van der Waals surface area contributed by atoms with Gasteiger partial charge in [0.25, 0.3) is 5.56 Å².